The largest absolute Gasteiger partial charge is 0.353 e. The molecule has 7 nitrogen and oxygen atoms in total. The smallest absolute Gasteiger partial charge is 0.244 e. The molecule has 0 bridgehead atoms. The number of nitrogens with zero attached hydrogens (tertiary/aromatic N) is 3. The van der Waals surface area contributed by atoms with Crippen molar-refractivity contribution in [2.24, 2.45) is 7.05 Å². The van der Waals surface area contributed by atoms with Gasteiger partial charge in [-0.3, -0.25) is 14.3 Å². The van der Waals surface area contributed by atoms with Gasteiger partial charge < -0.3 is 15.5 Å². The van der Waals surface area contributed by atoms with E-state index in [1.165, 1.54) is 0 Å². The molecular weight excluding hydrogens is 234 g/mol. The molecule has 0 saturated carbocycles. The van der Waals surface area contributed by atoms with E-state index < -0.39 is 6.04 Å². The summed E-state index contributed by atoms with van der Waals surface area (Å²) in [6, 6.07) is -0.454. The zero-order valence-corrected chi connectivity index (χ0v) is 10.5. The number of carbonyl (C=O) groups excluding carboxylic acids is 2. The fraction of sp³-hybridized carbons (Fsp3) is 0.545. The minimum absolute atomic E-state index is 0.0969. The number of rotatable bonds is 3. The van der Waals surface area contributed by atoms with Crippen molar-refractivity contribution in [3.05, 3.63) is 18.0 Å². The van der Waals surface area contributed by atoms with E-state index in [4.69, 9.17) is 0 Å². The molecule has 1 fully saturated rings. The fourth-order valence-corrected chi connectivity index (χ4v) is 2.03. The minimum atomic E-state index is -0.454. The number of nitrogens with one attached hydrogen (secondary N) is 2. The summed E-state index contributed by atoms with van der Waals surface area (Å²) in [7, 11) is 3.52. The number of piperazine rings is 1. The van der Waals surface area contributed by atoms with Crippen molar-refractivity contribution in [3.8, 4) is 0 Å². The molecule has 2 amide bonds. The van der Waals surface area contributed by atoms with Crippen LogP contribution in [0.2, 0.25) is 0 Å². The second-order valence-electron chi connectivity index (χ2n) is 4.28. The summed E-state index contributed by atoms with van der Waals surface area (Å²) < 4.78 is 1.65. The van der Waals surface area contributed by atoms with Gasteiger partial charge in [-0.05, 0) is 7.05 Å². The van der Waals surface area contributed by atoms with Crippen molar-refractivity contribution in [2.75, 3.05) is 26.7 Å². The Hall–Kier alpha value is -1.89. The molecule has 0 radical (unpaired) electrons. The van der Waals surface area contributed by atoms with Crippen LogP contribution < -0.4 is 10.6 Å². The highest BCUT2D eigenvalue weighted by Gasteiger charge is 2.28. The topological polar surface area (TPSA) is 79.3 Å². The molecular formula is C11H17N5O2. The number of hydrogen-bond donors (Lipinski definition) is 2. The molecule has 2 rings (SSSR count). The fourth-order valence-electron chi connectivity index (χ4n) is 2.03. The Balaban J connectivity index is 2.12. The zero-order valence-electron chi connectivity index (χ0n) is 10.5. The van der Waals surface area contributed by atoms with Crippen molar-refractivity contribution in [2.45, 2.75) is 6.04 Å². The van der Waals surface area contributed by atoms with Crippen LogP contribution in [0.5, 0.6) is 0 Å². The summed E-state index contributed by atoms with van der Waals surface area (Å²) in [4.78, 5) is 25.2. The SMILES string of the molecule is CNC(C(=O)N1CCNC(=O)C1)c1cnn(C)c1. The number of amides is 2. The van der Waals surface area contributed by atoms with Gasteiger partial charge in [0.25, 0.3) is 0 Å². The third-order valence-corrected chi connectivity index (χ3v) is 2.94. The summed E-state index contributed by atoms with van der Waals surface area (Å²) in [5.41, 5.74) is 0.802. The van der Waals surface area contributed by atoms with Gasteiger partial charge in [-0.15, -0.1) is 0 Å². The average Bonchev–Trinajstić information content (AvgIpc) is 2.76. The van der Waals surface area contributed by atoms with Gasteiger partial charge in [0.05, 0.1) is 12.7 Å². The molecule has 1 aromatic rings. The Kier molecular flexibility index (Phi) is 3.61. The number of hydrogen-bond acceptors (Lipinski definition) is 4. The number of carbonyl (C=O) groups is 2. The number of aryl methyl sites for hydroxylation is 1. The van der Waals surface area contributed by atoms with E-state index in [9.17, 15) is 9.59 Å². The quantitative estimate of drug-likeness (QED) is 0.695. The molecule has 1 atom stereocenters. The normalized spacial score (nSPS) is 17.4. The van der Waals surface area contributed by atoms with E-state index in [1.54, 1.807) is 36.1 Å². The predicted octanol–water partition coefficient (Wildman–Crippen LogP) is -1.36. The molecule has 0 spiro atoms. The van der Waals surface area contributed by atoms with E-state index >= 15 is 0 Å². The first-order valence-electron chi connectivity index (χ1n) is 5.83. The highest BCUT2D eigenvalue weighted by Crippen LogP contribution is 2.15. The van der Waals surface area contributed by atoms with Crippen molar-refractivity contribution >= 4 is 11.8 Å². The van der Waals surface area contributed by atoms with E-state index in [0.717, 1.165) is 5.56 Å². The summed E-state index contributed by atoms with van der Waals surface area (Å²) in [6.07, 6.45) is 3.45. The molecule has 0 aromatic carbocycles. The van der Waals surface area contributed by atoms with E-state index in [2.05, 4.69) is 15.7 Å². The lowest BCUT2D eigenvalue weighted by Gasteiger charge is -2.29. The van der Waals surface area contributed by atoms with Crippen molar-refractivity contribution < 1.29 is 9.59 Å². The highest BCUT2D eigenvalue weighted by atomic mass is 16.2. The third-order valence-electron chi connectivity index (χ3n) is 2.94. The van der Waals surface area contributed by atoms with Gasteiger partial charge in [-0.1, -0.05) is 0 Å². The van der Waals surface area contributed by atoms with Crippen LogP contribution in [-0.2, 0) is 16.6 Å². The average molecular weight is 251 g/mol. The molecule has 1 aromatic heterocycles. The van der Waals surface area contributed by atoms with Crippen LogP contribution >= 0.6 is 0 Å². The number of likely N-dealkylation sites (N-methyl/N-ethyl adjacent to an activating group) is 1. The van der Waals surface area contributed by atoms with Crippen molar-refractivity contribution in [1.29, 1.82) is 0 Å². The van der Waals surface area contributed by atoms with Crippen LogP contribution in [0.25, 0.3) is 0 Å². The molecule has 7 heteroatoms. The summed E-state index contributed by atoms with van der Waals surface area (Å²) in [5.74, 6) is -0.212. The van der Waals surface area contributed by atoms with Gasteiger partial charge in [0.15, 0.2) is 0 Å². The molecule has 1 aliphatic heterocycles. The van der Waals surface area contributed by atoms with Crippen LogP contribution in [0.3, 0.4) is 0 Å². The van der Waals surface area contributed by atoms with E-state index in [1.807, 2.05) is 0 Å². The second-order valence-corrected chi connectivity index (χ2v) is 4.28. The Morgan fingerprint density at radius 2 is 2.39 bits per heavy atom. The van der Waals surface area contributed by atoms with Crippen molar-refractivity contribution in [1.82, 2.24) is 25.3 Å². The third kappa shape index (κ3) is 2.51. The Labute approximate surface area is 105 Å². The first-order chi connectivity index (χ1) is 8.61. The predicted molar refractivity (Wildman–Crippen MR) is 64.6 cm³/mol. The molecule has 18 heavy (non-hydrogen) atoms. The molecule has 98 valence electrons. The summed E-state index contributed by atoms with van der Waals surface area (Å²) in [5, 5.41) is 9.72. The van der Waals surface area contributed by atoms with Gasteiger partial charge in [0, 0.05) is 31.9 Å². The molecule has 2 N–H and O–H groups in total. The van der Waals surface area contributed by atoms with Crippen LogP contribution in [0.15, 0.2) is 12.4 Å². The first kappa shape index (κ1) is 12.6. The minimum Gasteiger partial charge on any atom is -0.353 e. The first-order valence-corrected chi connectivity index (χ1v) is 5.83. The molecule has 1 aliphatic rings. The van der Waals surface area contributed by atoms with E-state index in [0.29, 0.717) is 13.1 Å². The van der Waals surface area contributed by atoms with Gasteiger partial charge in [0.2, 0.25) is 11.8 Å². The van der Waals surface area contributed by atoms with Gasteiger partial charge >= 0.3 is 0 Å². The second kappa shape index (κ2) is 5.18. The monoisotopic (exact) mass is 251 g/mol. The van der Waals surface area contributed by atoms with Crippen molar-refractivity contribution in [3.63, 3.8) is 0 Å². The summed E-state index contributed by atoms with van der Waals surface area (Å²) in [6.45, 7) is 1.17. The standard InChI is InChI=1S/C11H17N5O2/c1-12-10(8-5-14-15(2)6-8)11(18)16-4-3-13-9(17)7-16/h5-6,10,12H,3-4,7H2,1-2H3,(H,13,17). The van der Waals surface area contributed by atoms with Crippen LogP contribution in [0.4, 0.5) is 0 Å². The van der Waals surface area contributed by atoms with Crippen LogP contribution in [-0.4, -0.2) is 53.2 Å². The molecule has 0 aliphatic carbocycles. The van der Waals surface area contributed by atoms with Crippen LogP contribution in [0, 0.1) is 0 Å². The maximum absolute atomic E-state index is 12.3. The summed E-state index contributed by atoms with van der Waals surface area (Å²) >= 11 is 0. The van der Waals surface area contributed by atoms with E-state index in [-0.39, 0.29) is 18.4 Å². The zero-order chi connectivity index (χ0) is 13.1. The lowest BCUT2D eigenvalue weighted by atomic mass is 10.1. The lowest BCUT2D eigenvalue weighted by molar-refractivity contribution is -0.139. The number of aromatic nitrogens is 2. The molecule has 2 heterocycles. The Morgan fingerprint density at radius 1 is 1.61 bits per heavy atom. The Morgan fingerprint density at radius 3 is 2.94 bits per heavy atom. The lowest BCUT2D eigenvalue weighted by Crippen LogP contribution is -2.52. The maximum atomic E-state index is 12.3. The molecule has 1 unspecified atom stereocenters. The Bertz CT molecular complexity index is 456. The van der Waals surface area contributed by atoms with Gasteiger partial charge in [-0.25, -0.2) is 0 Å². The van der Waals surface area contributed by atoms with Gasteiger partial charge in [-0.2, -0.15) is 5.10 Å². The maximum Gasteiger partial charge on any atom is 0.244 e. The molecule has 1 saturated heterocycles. The van der Waals surface area contributed by atoms with Crippen LogP contribution in [0.1, 0.15) is 11.6 Å². The van der Waals surface area contributed by atoms with Gasteiger partial charge in [0.1, 0.15) is 6.04 Å². The highest BCUT2D eigenvalue weighted by molar-refractivity contribution is 5.89.